The van der Waals surface area contributed by atoms with Gasteiger partial charge in [0.2, 0.25) is 0 Å². The fourth-order valence-corrected chi connectivity index (χ4v) is 3.70. The molecule has 9 heteroatoms. The minimum Gasteiger partial charge on any atom is -0.491 e. The molecule has 2 aromatic rings. The van der Waals surface area contributed by atoms with Crippen LogP contribution in [-0.4, -0.2) is 51.2 Å². The van der Waals surface area contributed by atoms with Crippen molar-refractivity contribution in [3.05, 3.63) is 46.1 Å². The second-order valence-corrected chi connectivity index (χ2v) is 8.28. The second-order valence-electron chi connectivity index (χ2n) is 8.28. The molecule has 0 saturated heterocycles. The third-order valence-corrected chi connectivity index (χ3v) is 5.27. The number of nitrogens with one attached hydrogen (secondary N) is 2. The first-order chi connectivity index (χ1) is 15.5. The summed E-state index contributed by atoms with van der Waals surface area (Å²) in [5.74, 6) is 2.33. The Balaban J connectivity index is 1.48. The van der Waals surface area contributed by atoms with Gasteiger partial charge in [0.25, 0.3) is 0 Å². The van der Waals surface area contributed by atoms with Crippen LogP contribution in [0, 0.1) is 0 Å². The van der Waals surface area contributed by atoms with Crippen LogP contribution in [0.4, 0.5) is 0 Å². The molecule has 0 bridgehead atoms. The third-order valence-electron chi connectivity index (χ3n) is 5.27. The molecule has 0 saturated carbocycles. The van der Waals surface area contributed by atoms with E-state index in [0.29, 0.717) is 19.0 Å². The smallest absolute Gasteiger partial charge is 0.345 e. The molecule has 0 radical (unpaired) electrons. The van der Waals surface area contributed by atoms with Crippen LogP contribution in [0.25, 0.3) is 0 Å². The van der Waals surface area contributed by atoms with Crippen molar-refractivity contribution >= 4 is 5.96 Å². The van der Waals surface area contributed by atoms with Gasteiger partial charge in [0, 0.05) is 32.6 Å². The third kappa shape index (κ3) is 6.59. The van der Waals surface area contributed by atoms with Crippen molar-refractivity contribution in [1.29, 1.82) is 0 Å². The Morgan fingerprint density at radius 1 is 1.25 bits per heavy atom. The van der Waals surface area contributed by atoms with Gasteiger partial charge in [0.05, 0.1) is 18.8 Å². The normalized spacial score (nSPS) is 14.8. The second kappa shape index (κ2) is 11.7. The molecule has 9 nitrogen and oxygen atoms in total. The Hall–Kier alpha value is -2.81. The zero-order valence-electron chi connectivity index (χ0n) is 19.4. The SMILES string of the molecule is CCNC(=NCC(O)c1ccc(OC(C)C)cc1)NCCCn1nc2n(c1=O)CCCC2. The number of aliphatic hydroxyl groups excluding tert-OH is 1. The van der Waals surface area contributed by atoms with E-state index in [2.05, 4.69) is 20.7 Å². The molecule has 2 heterocycles. The van der Waals surface area contributed by atoms with Crippen LogP contribution in [0.2, 0.25) is 0 Å². The minimum absolute atomic E-state index is 0.00629. The van der Waals surface area contributed by atoms with E-state index in [0.717, 1.165) is 55.9 Å². The molecule has 0 aliphatic carbocycles. The lowest BCUT2D eigenvalue weighted by Gasteiger charge is -2.14. The van der Waals surface area contributed by atoms with Gasteiger partial charge in [-0.1, -0.05) is 12.1 Å². The quantitative estimate of drug-likeness (QED) is 0.293. The molecular weight excluding hydrogens is 408 g/mol. The number of ether oxygens (including phenoxy) is 1. The summed E-state index contributed by atoms with van der Waals surface area (Å²) in [6.45, 7) is 8.91. The number of hydrogen-bond acceptors (Lipinski definition) is 5. The predicted octanol–water partition coefficient (Wildman–Crippen LogP) is 1.85. The van der Waals surface area contributed by atoms with Crippen LogP contribution < -0.4 is 21.1 Å². The highest BCUT2D eigenvalue weighted by atomic mass is 16.5. The van der Waals surface area contributed by atoms with Crippen molar-refractivity contribution in [1.82, 2.24) is 25.0 Å². The molecule has 0 fully saturated rings. The van der Waals surface area contributed by atoms with E-state index >= 15 is 0 Å². The number of hydrogen-bond donors (Lipinski definition) is 3. The van der Waals surface area contributed by atoms with Gasteiger partial charge in [-0.3, -0.25) is 9.56 Å². The summed E-state index contributed by atoms with van der Waals surface area (Å²) in [5.41, 5.74) is 0.789. The average molecular weight is 445 g/mol. The standard InChI is InChI=1S/C23H36N6O3/c1-4-24-22(26-16-20(30)18-9-11-19(12-10-18)32-17(2)3)25-13-7-15-29-23(31)28-14-6-5-8-21(28)27-29/h9-12,17,20,30H,4-8,13-16H2,1-3H3,(H2,24,25,26). The molecule has 0 spiro atoms. The predicted molar refractivity (Wildman–Crippen MR) is 125 cm³/mol. The fraction of sp³-hybridized carbons (Fsp3) is 0.609. The van der Waals surface area contributed by atoms with Crippen LogP contribution in [0.3, 0.4) is 0 Å². The number of nitrogens with zero attached hydrogens (tertiary/aromatic N) is 4. The summed E-state index contributed by atoms with van der Waals surface area (Å²) in [6, 6.07) is 7.45. The first kappa shape index (κ1) is 23.8. The zero-order valence-corrected chi connectivity index (χ0v) is 19.4. The van der Waals surface area contributed by atoms with Crippen molar-refractivity contribution < 1.29 is 9.84 Å². The zero-order chi connectivity index (χ0) is 22.9. The molecule has 1 aromatic heterocycles. The Bertz CT molecular complexity index is 932. The highest BCUT2D eigenvalue weighted by molar-refractivity contribution is 5.79. The van der Waals surface area contributed by atoms with E-state index < -0.39 is 6.10 Å². The van der Waals surface area contributed by atoms with Crippen molar-refractivity contribution in [3.63, 3.8) is 0 Å². The van der Waals surface area contributed by atoms with Crippen molar-refractivity contribution in [2.24, 2.45) is 4.99 Å². The van der Waals surface area contributed by atoms with Gasteiger partial charge in [-0.05, 0) is 57.7 Å². The maximum atomic E-state index is 12.4. The number of guanidine groups is 1. The lowest BCUT2D eigenvalue weighted by Crippen LogP contribution is -2.38. The van der Waals surface area contributed by atoms with Gasteiger partial charge < -0.3 is 20.5 Å². The van der Waals surface area contributed by atoms with Crippen LogP contribution in [0.15, 0.2) is 34.1 Å². The van der Waals surface area contributed by atoms with Crippen molar-refractivity contribution in [2.45, 2.75) is 71.8 Å². The average Bonchev–Trinajstić information content (AvgIpc) is 3.10. The van der Waals surface area contributed by atoms with Gasteiger partial charge in [-0.2, -0.15) is 5.10 Å². The molecule has 1 unspecified atom stereocenters. The van der Waals surface area contributed by atoms with E-state index in [9.17, 15) is 9.90 Å². The van der Waals surface area contributed by atoms with Crippen LogP contribution in [0.5, 0.6) is 5.75 Å². The molecule has 1 aliphatic rings. The Morgan fingerprint density at radius 2 is 2.03 bits per heavy atom. The molecule has 1 aliphatic heterocycles. The van der Waals surface area contributed by atoms with Crippen LogP contribution in [0.1, 0.15) is 57.5 Å². The molecule has 1 aromatic carbocycles. The van der Waals surface area contributed by atoms with Crippen LogP contribution >= 0.6 is 0 Å². The largest absolute Gasteiger partial charge is 0.491 e. The highest BCUT2D eigenvalue weighted by Gasteiger charge is 2.16. The van der Waals surface area contributed by atoms with Crippen molar-refractivity contribution in [3.8, 4) is 5.75 Å². The molecule has 0 amide bonds. The van der Waals surface area contributed by atoms with E-state index in [1.165, 1.54) is 0 Å². The first-order valence-electron chi connectivity index (χ1n) is 11.6. The molecule has 3 N–H and O–H groups in total. The number of aryl methyl sites for hydroxylation is 2. The topological polar surface area (TPSA) is 106 Å². The minimum atomic E-state index is -0.700. The van der Waals surface area contributed by atoms with Gasteiger partial charge in [-0.25, -0.2) is 9.48 Å². The van der Waals surface area contributed by atoms with Crippen molar-refractivity contribution in [2.75, 3.05) is 19.6 Å². The first-order valence-corrected chi connectivity index (χ1v) is 11.6. The van der Waals surface area contributed by atoms with E-state index in [4.69, 9.17) is 4.74 Å². The van der Waals surface area contributed by atoms with Crippen LogP contribution in [-0.2, 0) is 19.5 Å². The number of aromatic nitrogens is 3. The number of aliphatic imine (C=N–C) groups is 1. The summed E-state index contributed by atoms with van der Waals surface area (Å²) < 4.78 is 9.01. The molecular formula is C23H36N6O3. The van der Waals surface area contributed by atoms with E-state index in [1.807, 2.05) is 45.0 Å². The number of rotatable bonds is 10. The number of benzene rings is 1. The number of aliphatic hydroxyl groups is 1. The molecule has 32 heavy (non-hydrogen) atoms. The molecule has 176 valence electrons. The summed E-state index contributed by atoms with van der Waals surface area (Å²) >= 11 is 0. The summed E-state index contributed by atoms with van der Waals surface area (Å²) in [7, 11) is 0. The van der Waals surface area contributed by atoms with E-state index in [1.54, 1.807) is 9.25 Å². The van der Waals surface area contributed by atoms with Gasteiger partial charge in [-0.15, -0.1) is 0 Å². The monoisotopic (exact) mass is 444 g/mol. The lowest BCUT2D eigenvalue weighted by molar-refractivity contribution is 0.186. The van der Waals surface area contributed by atoms with Gasteiger partial charge in [0.15, 0.2) is 5.96 Å². The Labute approximate surface area is 189 Å². The molecule has 3 rings (SSSR count). The highest BCUT2D eigenvalue weighted by Crippen LogP contribution is 2.19. The van der Waals surface area contributed by atoms with Gasteiger partial charge in [0.1, 0.15) is 11.6 Å². The van der Waals surface area contributed by atoms with E-state index in [-0.39, 0.29) is 18.3 Å². The number of fused-ring (bicyclic) bond motifs is 1. The summed E-state index contributed by atoms with van der Waals surface area (Å²) in [6.07, 6.45) is 3.19. The van der Waals surface area contributed by atoms with Gasteiger partial charge >= 0.3 is 5.69 Å². The summed E-state index contributed by atoms with van der Waals surface area (Å²) in [4.78, 5) is 16.9. The fourth-order valence-electron chi connectivity index (χ4n) is 3.70. The maximum Gasteiger partial charge on any atom is 0.345 e. The lowest BCUT2D eigenvalue weighted by atomic mass is 10.1. The summed E-state index contributed by atoms with van der Waals surface area (Å²) in [5, 5.41) is 21.4. The Kier molecular flexibility index (Phi) is 8.72. The molecule has 1 atom stereocenters. The maximum absolute atomic E-state index is 12.4. The Morgan fingerprint density at radius 3 is 2.72 bits per heavy atom.